The zero-order valence-electron chi connectivity index (χ0n) is 8.30. The van der Waals surface area contributed by atoms with Crippen molar-refractivity contribution in [3.05, 3.63) is 29.8 Å². The minimum atomic E-state index is -4.43. The summed E-state index contributed by atoms with van der Waals surface area (Å²) < 4.78 is 42.1. The number of methoxy groups -OCH3 is 1. The van der Waals surface area contributed by atoms with Crippen LogP contribution in [0.1, 0.15) is 5.56 Å². The van der Waals surface area contributed by atoms with Crippen molar-refractivity contribution in [2.45, 2.75) is 6.18 Å². The molecule has 0 saturated carbocycles. The molecule has 0 fully saturated rings. The first-order valence-corrected chi connectivity index (χ1v) is 4.17. The van der Waals surface area contributed by atoms with Crippen molar-refractivity contribution in [1.82, 2.24) is 0 Å². The second-order valence-electron chi connectivity index (χ2n) is 2.80. The van der Waals surface area contributed by atoms with E-state index in [1.54, 1.807) is 0 Å². The Morgan fingerprint density at radius 3 is 2.07 bits per heavy atom. The molecule has 0 amide bonds. The highest BCUT2D eigenvalue weighted by molar-refractivity contribution is 6.04. The normalized spacial score (nSPS) is 12.7. The Labute approximate surface area is 85.4 Å². The van der Waals surface area contributed by atoms with Gasteiger partial charge in [-0.3, -0.25) is 4.99 Å². The molecule has 5 heteroatoms. The molecule has 0 bridgehead atoms. The Morgan fingerprint density at radius 2 is 1.73 bits per heavy atom. The monoisotopic (exact) mass is 217 g/mol. The van der Waals surface area contributed by atoms with Crippen LogP contribution in [0.25, 0.3) is 0 Å². The van der Waals surface area contributed by atoms with E-state index in [1.807, 2.05) is 0 Å². The molecule has 0 spiro atoms. The molecule has 0 atom stereocenters. The van der Waals surface area contributed by atoms with E-state index in [0.717, 1.165) is 7.05 Å². The zero-order chi connectivity index (χ0) is 11.5. The van der Waals surface area contributed by atoms with Gasteiger partial charge in [0.2, 0.25) is 0 Å². The average molecular weight is 217 g/mol. The van der Waals surface area contributed by atoms with E-state index in [2.05, 4.69) is 4.99 Å². The molecule has 2 nitrogen and oxygen atoms in total. The molecule has 1 rings (SSSR count). The maximum absolute atomic E-state index is 12.4. The van der Waals surface area contributed by atoms with Crippen LogP contribution in [0.5, 0.6) is 5.75 Å². The van der Waals surface area contributed by atoms with Gasteiger partial charge >= 0.3 is 6.18 Å². The Hall–Kier alpha value is -1.52. The molecule has 0 saturated heterocycles. The lowest BCUT2D eigenvalue weighted by Gasteiger charge is -2.10. The predicted molar refractivity (Wildman–Crippen MR) is 51.5 cm³/mol. The number of hydrogen-bond donors (Lipinski definition) is 0. The summed E-state index contributed by atoms with van der Waals surface area (Å²) in [6.07, 6.45) is -4.43. The first-order chi connectivity index (χ1) is 6.99. The van der Waals surface area contributed by atoms with Gasteiger partial charge in [0.25, 0.3) is 0 Å². The second-order valence-corrected chi connectivity index (χ2v) is 2.80. The summed E-state index contributed by atoms with van der Waals surface area (Å²) in [5.74, 6) is 0.511. The summed E-state index contributed by atoms with van der Waals surface area (Å²) in [4.78, 5) is 3.24. The third-order valence-corrected chi connectivity index (χ3v) is 1.86. The van der Waals surface area contributed by atoms with Gasteiger partial charge in [0, 0.05) is 12.6 Å². The van der Waals surface area contributed by atoms with Gasteiger partial charge in [0.1, 0.15) is 11.5 Å². The summed E-state index contributed by atoms with van der Waals surface area (Å²) in [6, 6.07) is 5.59. The van der Waals surface area contributed by atoms with Crippen LogP contribution in [0.2, 0.25) is 0 Å². The third-order valence-electron chi connectivity index (χ3n) is 1.86. The summed E-state index contributed by atoms with van der Waals surface area (Å²) in [5, 5.41) is 0. The first-order valence-electron chi connectivity index (χ1n) is 4.17. The molecule has 1 aromatic carbocycles. The van der Waals surface area contributed by atoms with Crippen LogP contribution in [-0.2, 0) is 0 Å². The second kappa shape index (κ2) is 4.33. The van der Waals surface area contributed by atoms with Crippen LogP contribution in [0.15, 0.2) is 29.3 Å². The van der Waals surface area contributed by atoms with Crippen LogP contribution in [0.3, 0.4) is 0 Å². The molecule has 0 aliphatic heterocycles. The molecule has 0 aliphatic carbocycles. The quantitative estimate of drug-likeness (QED) is 0.698. The molecular weight excluding hydrogens is 207 g/mol. The number of benzene rings is 1. The summed E-state index contributed by atoms with van der Waals surface area (Å²) in [6.45, 7) is 0. The van der Waals surface area contributed by atoms with Crippen LogP contribution in [0.4, 0.5) is 13.2 Å². The minimum Gasteiger partial charge on any atom is -0.497 e. The molecule has 0 aliphatic rings. The molecule has 0 unspecified atom stereocenters. The van der Waals surface area contributed by atoms with Crippen molar-refractivity contribution in [2.75, 3.05) is 14.2 Å². The van der Waals surface area contributed by atoms with Crippen molar-refractivity contribution < 1.29 is 17.9 Å². The highest BCUT2D eigenvalue weighted by Gasteiger charge is 2.36. The average Bonchev–Trinajstić information content (AvgIpc) is 2.18. The van der Waals surface area contributed by atoms with Crippen LogP contribution < -0.4 is 4.74 Å². The van der Waals surface area contributed by atoms with Crippen LogP contribution in [-0.4, -0.2) is 26.0 Å². The Bertz CT molecular complexity index is 354. The molecule has 1 aromatic rings. The smallest absolute Gasteiger partial charge is 0.433 e. The first kappa shape index (κ1) is 11.6. The molecule has 82 valence electrons. The number of ether oxygens (including phenoxy) is 1. The Balaban J connectivity index is 3.05. The van der Waals surface area contributed by atoms with Gasteiger partial charge in [-0.05, 0) is 24.3 Å². The molecular formula is C10H10F3NO. The van der Waals surface area contributed by atoms with Crippen molar-refractivity contribution >= 4 is 5.71 Å². The van der Waals surface area contributed by atoms with Crippen LogP contribution in [0, 0.1) is 0 Å². The van der Waals surface area contributed by atoms with E-state index in [4.69, 9.17) is 4.74 Å². The predicted octanol–water partition coefficient (Wildman–Crippen LogP) is 2.68. The lowest BCUT2D eigenvalue weighted by molar-refractivity contribution is -0.0581. The molecule has 15 heavy (non-hydrogen) atoms. The topological polar surface area (TPSA) is 21.6 Å². The fourth-order valence-corrected chi connectivity index (χ4v) is 1.17. The zero-order valence-corrected chi connectivity index (χ0v) is 8.30. The number of hydrogen-bond acceptors (Lipinski definition) is 2. The van der Waals surface area contributed by atoms with Crippen molar-refractivity contribution in [2.24, 2.45) is 4.99 Å². The summed E-state index contributed by atoms with van der Waals surface area (Å²) >= 11 is 0. The molecule has 0 radical (unpaired) electrons. The standard InChI is InChI=1S/C10H10F3NO/c1-14-9(10(11,12)13)7-3-5-8(15-2)6-4-7/h3-6H,1-2H3/b14-9-. The Morgan fingerprint density at radius 1 is 1.20 bits per heavy atom. The highest BCUT2D eigenvalue weighted by atomic mass is 19.4. The highest BCUT2D eigenvalue weighted by Crippen LogP contribution is 2.23. The number of aliphatic imine (C=N–C) groups is 1. The van der Waals surface area contributed by atoms with E-state index in [9.17, 15) is 13.2 Å². The third kappa shape index (κ3) is 2.71. The summed E-state index contributed by atoms with van der Waals surface area (Å²) in [5.41, 5.74) is -0.851. The molecule has 0 aromatic heterocycles. The number of nitrogens with zero attached hydrogens (tertiary/aromatic N) is 1. The fourth-order valence-electron chi connectivity index (χ4n) is 1.17. The summed E-state index contributed by atoms with van der Waals surface area (Å²) in [7, 11) is 2.57. The number of rotatable bonds is 2. The maximum Gasteiger partial charge on any atom is 0.433 e. The minimum absolute atomic E-state index is 0.0331. The van der Waals surface area contributed by atoms with Gasteiger partial charge in [-0.1, -0.05) is 0 Å². The van der Waals surface area contributed by atoms with Crippen molar-refractivity contribution in [3.8, 4) is 5.75 Å². The number of alkyl halides is 3. The van der Waals surface area contributed by atoms with Crippen molar-refractivity contribution in [1.29, 1.82) is 0 Å². The van der Waals surface area contributed by atoms with E-state index in [0.29, 0.717) is 5.75 Å². The van der Waals surface area contributed by atoms with Crippen LogP contribution >= 0.6 is 0 Å². The number of halogens is 3. The fraction of sp³-hybridized carbons (Fsp3) is 0.300. The van der Waals surface area contributed by atoms with Gasteiger partial charge in [-0.25, -0.2) is 0 Å². The van der Waals surface area contributed by atoms with Gasteiger partial charge in [-0.15, -0.1) is 0 Å². The molecule has 0 heterocycles. The van der Waals surface area contributed by atoms with E-state index >= 15 is 0 Å². The van der Waals surface area contributed by atoms with Gasteiger partial charge < -0.3 is 4.74 Å². The van der Waals surface area contributed by atoms with E-state index < -0.39 is 11.9 Å². The van der Waals surface area contributed by atoms with Gasteiger partial charge in [0.05, 0.1) is 7.11 Å². The Kier molecular flexibility index (Phi) is 3.34. The van der Waals surface area contributed by atoms with Crippen molar-refractivity contribution in [3.63, 3.8) is 0 Å². The van der Waals surface area contributed by atoms with E-state index in [1.165, 1.54) is 31.4 Å². The largest absolute Gasteiger partial charge is 0.497 e. The van der Waals surface area contributed by atoms with Gasteiger partial charge in [-0.2, -0.15) is 13.2 Å². The van der Waals surface area contributed by atoms with E-state index in [-0.39, 0.29) is 5.56 Å². The lowest BCUT2D eigenvalue weighted by Crippen LogP contribution is -2.23. The SMILES string of the molecule is C/N=C(/c1ccc(OC)cc1)C(F)(F)F. The lowest BCUT2D eigenvalue weighted by atomic mass is 10.1. The maximum atomic E-state index is 12.4. The molecule has 0 N–H and O–H groups in total. The van der Waals surface area contributed by atoms with Gasteiger partial charge in [0.15, 0.2) is 0 Å².